The Hall–Kier alpha value is -1.17. The predicted octanol–water partition coefficient (Wildman–Crippen LogP) is 3.35. The molecule has 1 spiro atoms. The van der Waals surface area contributed by atoms with Crippen LogP contribution in [0.4, 0.5) is 0 Å². The van der Waals surface area contributed by atoms with Crippen molar-refractivity contribution in [1.82, 2.24) is 25.3 Å². The van der Waals surface area contributed by atoms with Gasteiger partial charge in [-0.15, -0.1) is 29.9 Å². The van der Waals surface area contributed by atoms with E-state index in [0.717, 1.165) is 35.0 Å². The number of nitrogens with one attached hydrogen (secondary N) is 1. The molecule has 1 saturated heterocycles. The van der Waals surface area contributed by atoms with Gasteiger partial charge >= 0.3 is 0 Å². The van der Waals surface area contributed by atoms with E-state index in [2.05, 4.69) is 39.7 Å². The van der Waals surface area contributed by atoms with Crippen LogP contribution in [0.3, 0.4) is 0 Å². The summed E-state index contributed by atoms with van der Waals surface area (Å²) in [5, 5.41) is 16.7. The van der Waals surface area contributed by atoms with Crippen LogP contribution in [0.2, 0.25) is 0 Å². The highest BCUT2D eigenvalue weighted by Crippen LogP contribution is 2.52. The normalized spacial score (nSPS) is 19.0. The Kier molecular flexibility index (Phi) is 6.46. The van der Waals surface area contributed by atoms with Gasteiger partial charge in [0.1, 0.15) is 5.69 Å². The van der Waals surface area contributed by atoms with Crippen molar-refractivity contribution in [3.05, 3.63) is 29.6 Å². The third-order valence-corrected chi connectivity index (χ3v) is 5.69. The van der Waals surface area contributed by atoms with Gasteiger partial charge in [-0.1, -0.05) is 0 Å². The maximum Gasteiger partial charge on any atom is 0.111 e. The van der Waals surface area contributed by atoms with Gasteiger partial charge in [-0.3, -0.25) is 4.68 Å². The first-order valence-corrected chi connectivity index (χ1v) is 8.68. The summed E-state index contributed by atoms with van der Waals surface area (Å²) in [4.78, 5) is 0. The number of nitrogens with zero attached hydrogens (tertiary/aromatic N) is 4. The molecule has 0 atom stereocenters. The van der Waals surface area contributed by atoms with Crippen LogP contribution in [0.5, 0.6) is 0 Å². The molecule has 2 fully saturated rings. The van der Waals surface area contributed by atoms with Crippen LogP contribution in [-0.2, 0) is 13.5 Å². The van der Waals surface area contributed by atoms with Crippen molar-refractivity contribution in [2.24, 2.45) is 18.4 Å². The number of aromatic nitrogens is 4. The number of hydrogen-bond acceptors (Lipinski definition) is 4. The molecule has 1 aliphatic carbocycles. The molecular formula is C18H27Cl2N5. The largest absolute Gasteiger partial charge is 0.317 e. The molecule has 2 aliphatic rings. The van der Waals surface area contributed by atoms with Gasteiger partial charge in [-0.2, -0.15) is 10.2 Å². The Morgan fingerprint density at radius 2 is 1.88 bits per heavy atom. The zero-order valence-corrected chi connectivity index (χ0v) is 16.5. The second-order valence-electron chi connectivity index (χ2n) is 7.44. The van der Waals surface area contributed by atoms with Gasteiger partial charge in [0.2, 0.25) is 0 Å². The van der Waals surface area contributed by atoms with E-state index >= 15 is 0 Å². The first kappa shape index (κ1) is 20.1. The molecule has 0 unspecified atom stereocenters. The molecule has 4 rings (SSSR count). The maximum atomic E-state index is 4.47. The van der Waals surface area contributed by atoms with Crippen molar-refractivity contribution in [3.63, 3.8) is 0 Å². The van der Waals surface area contributed by atoms with E-state index in [9.17, 15) is 0 Å². The second-order valence-corrected chi connectivity index (χ2v) is 7.44. The summed E-state index contributed by atoms with van der Waals surface area (Å²) in [7, 11) is 1.95. The fraction of sp³-hybridized carbons (Fsp3) is 0.611. The fourth-order valence-electron chi connectivity index (χ4n) is 4.48. The molecule has 5 nitrogen and oxygen atoms in total. The first-order valence-electron chi connectivity index (χ1n) is 8.68. The van der Waals surface area contributed by atoms with Crippen LogP contribution in [0.1, 0.15) is 36.9 Å². The van der Waals surface area contributed by atoms with E-state index in [1.807, 2.05) is 17.9 Å². The van der Waals surface area contributed by atoms with Gasteiger partial charge in [0, 0.05) is 7.05 Å². The minimum Gasteiger partial charge on any atom is -0.317 e. The molecule has 138 valence electrons. The average Bonchev–Trinajstić information content (AvgIpc) is 2.87. The van der Waals surface area contributed by atoms with Crippen LogP contribution < -0.4 is 5.32 Å². The quantitative estimate of drug-likeness (QED) is 0.882. The summed E-state index contributed by atoms with van der Waals surface area (Å²) in [5.74, 6) is 0.798. The van der Waals surface area contributed by atoms with E-state index in [1.54, 1.807) is 0 Å². The van der Waals surface area contributed by atoms with Gasteiger partial charge in [0.25, 0.3) is 0 Å². The minimum atomic E-state index is 0. The van der Waals surface area contributed by atoms with Crippen LogP contribution in [0.25, 0.3) is 11.4 Å². The fourth-order valence-corrected chi connectivity index (χ4v) is 4.48. The molecular weight excluding hydrogens is 357 g/mol. The maximum absolute atomic E-state index is 4.47. The number of hydrogen-bond donors (Lipinski definition) is 1. The Balaban J connectivity index is 0.00000113. The van der Waals surface area contributed by atoms with E-state index in [1.165, 1.54) is 38.8 Å². The summed E-state index contributed by atoms with van der Waals surface area (Å²) in [6, 6.07) is 4.23. The van der Waals surface area contributed by atoms with Crippen molar-refractivity contribution in [2.75, 3.05) is 13.1 Å². The van der Waals surface area contributed by atoms with Gasteiger partial charge in [-0.05, 0) is 81.1 Å². The highest BCUT2D eigenvalue weighted by Gasteiger charge is 2.44. The summed E-state index contributed by atoms with van der Waals surface area (Å²) < 4.78 is 1.87. The van der Waals surface area contributed by atoms with Crippen molar-refractivity contribution in [2.45, 2.75) is 39.0 Å². The summed E-state index contributed by atoms with van der Waals surface area (Å²) in [5.41, 5.74) is 4.88. The van der Waals surface area contributed by atoms with E-state index < -0.39 is 0 Å². The second kappa shape index (κ2) is 8.02. The lowest BCUT2D eigenvalue weighted by molar-refractivity contribution is 0.0215. The Labute approximate surface area is 161 Å². The number of rotatable bonds is 3. The first-order chi connectivity index (χ1) is 11.2. The molecule has 1 N–H and O–H groups in total. The lowest BCUT2D eigenvalue weighted by Crippen LogP contribution is -2.46. The van der Waals surface area contributed by atoms with Crippen molar-refractivity contribution < 1.29 is 0 Å². The molecule has 2 aromatic rings. The molecule has 1 aliphatic heterocycles. The monoisotopic (exact) mass is 383 g/mol. The summed E-state index contributed by atoms with van der Waals surface area (Å²) in [6.45, 7) is 4.46. The Morgan fingerprint density at radius 1 is 1.16 bits per heavy atom. The molecule has 2 aromatic heterocycles. The minimum absolute atomic E-state index is 0. The lowest BCUT2D eigenvalue weighted by atomic mass is 9.57. The highest BCUT2D eigenvalue weighted by atomic mass is 35.5. The van der Waals surface area contributed by atoms with Gasteiger partial charge in [-0.25, -0.2) is 0 Å². The van der Waals surface area contributed by atoms with Crippen LogP contribution >= 0.6 is 24.8 Å². The van der Waals surface area contributed by atoms with Gasteiger partial charge < -0.3 is 5.32 Å². The predicted molar refractivity (Wildman–Crippen MR) is 104 cm³/mol. The van der Waals surface area contributed by atoms with Crippen LogP contribution in [0, 0.1) is 18.3 Å². The standard InChI is InChI=1S/C18H25N5.2ClH/c1-13-12-20-23(2)17(13)16-4-3-15(21-22-16)9-14-10-18(11-14)5-7-19-8-6-18;;/h3-4,12,14,19H,5-11H2,1-2H3;2*1H. The van der Waals surface area contributed by atoms with Crippen molar-refractivity contribution in [3.8, 4) is 11.4 Å². The van der Waals surface area contributed by atoms with Crippen LogP contribution in [-0.4, -0.2) is 33.1 Å². The number of aryl methyl sites for hydroxylation is 2. The summed E-state index contributed by atoms with van der Waals surface area (Å²) in [6.07, 6.45) is 8.41. The van der Waals surface area contributed by atoms with Gasteiger partial charge in [0.05, 0.1) is 17.6 Å². The zero-order chi connectivity index (χ0) is 15.9. The molecule has 0 amide bonds. The third-order valence-electron chi connectivity index (χ3n) is 5.69. The third kappa shape index (κ3) is 3.99. The molecule has 1 saturated carbocycles. The molecule has 7 heteroatoms. The average molecular weight is 384 g/mol. The smallest absolute Gasteiger partial charge is 0.111 e. The molecule has 3 heterocycles. The molecule has 25 heavy (non-hydrogen) atoms. The number of piperidine rings is 1. The highest BCUT2D eigenvalue weighted by molar-refractivity contribution is 5.85. The zero-order valence-electron chi connectivity index (χ0n) is 14.9. The lowest BCUT2D eigenvalue weighted by Gasteiger charge is -2.50. The Morgan fingerprint density at radius 3 is 2.44 bits per heavy atom. The van der Waals surface area contributed by atoms with E-state index in [0.29, 0.717) is 5.41 Å². The Bertz CT molecular complexity index is 664. The van der Waals surface area contributed by atoms with Crippen molar-refractivity contribution >= 4 is 24.8 Å². The van der Waals surface area contributed by atoms with E-state index in [4.69, 9.17) is 0 Å². The number of halogens is 2. The summed E-state index contributed by atoms with van der Waals surface area (Å²) >= 11 is 0. The van der Waals surface area contributed by atoms with Crippen LogP contribution in [0.15, 0.2) is 18.3 Å². The van der Waals surface area contributed by atoms with E-state index in [-0.39, 0.29) is 24.8 Å². The molecule has 0 bridgehead atoms. The SMILES string of the molecule is Cc1cnn(C)c1-c1ccc(CC2CC3(CCNCC3)C2)nn1.Cl.Cl. The topological polar surface area (TPSA) is 55.6 Å². The van der Waals surface area contributed by atoms with Crippen molar-refractivity contribution in [1.29, 1.82) is 0 Å². The van der Waals surface area contributed by atoms with Gasteiger partial charge in [0.15, 0.2) is 0 Å². The molecule has 0 radical (unpaired) electrons. The molecule has 0 aromatic carbocycles.